The molecule has 0 radical (unpaired) electrons. The first-order chi connectivity index (χ1) is 5.88. The molecule has 2 nitrogen and oxygen atoms in total. The number of rotatable bonds is 5. The van der Waals surface area contributed by atoms with Crippen molar-refractivity contribution >= 4 is 11.8 Å². The lowest BCUT2D eigenvalue weighted by atomic mass is 9.88. The maximum atomic E-state index is 5.51. The molecule has 1 unspecified atom stereocenters. The van der Waals surface area contributed by atoms with E-state index < -0.39 is 0 Å². The van der Waals surface area contributed by atoms with Crippen LogP contribution in [0.4, 0.5) is 0 Å². The van der Waals surface area contributed by atoms with E-state index in [1.807, 2.05) is 11.8 Å². The van der Waals surface area contributed by atoms with Crippen molar-refractivity contribution in [3.8, 4) is 0 Å². The summed E-state index contributed by atoms with van der Waals surface area (Å²) >= 11 is 1.98. The molecule has 1 atom stereocenters. The molecule has 0 aliphatic rings. The van der Waals surface area contributed by atoms with Gasteiger partial charge in [-0.25, -0.2) is 0 Å². The first-order valence-electron chi connectivity index (χ1n) is 4.91. The van der Waals surface area contributed by atoms with Gasteiger partial charge in [-0.2, -0.15) is 11.8 Å². The third kappa shape index (κ3) is 6.36. The van der Waals surface area contributed by atoms with Gasteiger partial charge in [0.1, 0.15) is 0 Å². The van der Waals surface area contributed by atoms with Gasteiger partial charge in [0.2, 0.25) is 0 Å². The Morgan fingerprint density at radius 1 is 1.23 bits per heavy atom. The molecule has 0 heterocycles. The van der Waals surface area contributed by atoms with E-state index in [4.69, 9.17) is 5.84 Å². The zero-order chi connectivity index (χ0) is 10.5. The Bertz CT molecular complexity index is 129. The molecule has 0 bridgehead atoms. The summed E-state index contributed by atoms with van der Waals surface area (Å²) in [4.78, 5) is 0. The maximum Gasteiger partial charge on any atom is 0.0349 e. The quantitative estimate of drug-likeness (QED) is 0.533. The van der Waals surface area contributed by atoms with E-state index in [0.29, 0.717) is 6.04 Å². The molecule has 0 aliphatic carbocycles. The zero-order valence-corrected chi connectivity index (χ0v) is 10.4. The molecule has 0 aromatic carbocycles. The highest BCUT2D eigenvalue weighted by atomic mass is 32.2. The average Bonchev–Trinajstić information content (AvgIpc) is 1.95. The summed E-state index contributed by atoms with van der Waals surface area (Å²) in [5, 5.41) is 0. The fourth-order valence-electron chi connectivity index (χ4n) is 0.970. The van der Waals surface area contributed by atoms with Crippen LogP contribution in [0.2, 0.25) is 0 Å². The first-order valence-corrected chi connectivity index (χ1v) is 6.07. The van der Waals surface area contributed by atoms with Crippen LogP contribution in [-0.2, 0) is 0 Å². The zero-order valence-electron chi connectivity index (χ0n) is 9.55. The molecule has 80 valence electrons. The van der Waals surface area contributed by atoms with Gasteiger partial charge < -0.3 is 0 Å². The summed E-state index contributed by atoms with van der Waals surface area (Å²) in [6.07, 6.45) is 0. The second kappa shape index (κ2) is 5.89. The Labute approximate surface area is 87.0 Å². The number of thioether (sulfide) groups is 1. The lowest BCUT2D eigenvalue weighted by Crippen LogP contribution is -2.46. The van der Waals surface area contributed by atoms with Gasteiger partial charge in [-0.1, -0.05) is 34.6 Å². The molecule has 0 aromatic heterocycles. The number of nitrogens with two attached hydrogens (primary N) is 1. The van der Waals surface area contributed by atoms with Crippen molar-refractivity contribution in [3.05, 3.63) is 0 Å². The predicted molar refractivity (Wildman–Crippen MR) is 62.7 cm³/mol. The molecule has 0 aromatic rings. The van der Waals surface area contributed by atoms with Crippen molar-refractivity contribution in [2.24, 2.45) is 17.2 Å². The van der Waals surface area contributed by atoms with Crippen LogP contribution in [0.1, 0.15) is 34.6 Å². The van der Waals surface area contributed by atoms with Gasteiger partial charge in [0.05, 0.1) is 0 Å². The van der Waals surface area contributed by atoms with Crippen LogP contribution in [0.25, 0.3) is 0 Å². The van der Waals surface area contributed by atoms with Gasteiger partial charge in [0.25, 0.3) is 0 Å². The van der Waals surface area contributed by atoms with Crippen LogP contribution < -0.4 is 11.3 Å². The molecular formula is C10H24N2S. The number of nitrogens with one attached hydrogen (secondary N) is 1. The molecule has 0 rings (SSSR count). The standard InChI is InChI=1S/C10H24N2S/c1-8(2)6-13-7-9(12-11)10(3,4)5/h8-9,12H,6-7,11H2,1-5H3. The summed E-state index contributed by atoms with van der Waals surface area (Å²) < 4.78 is 0. The third-order valence-electron chi connectivity index (χ3n) is 1.98. The van der Waals surface area contributed by atoms with E-state index >= 15 is 0 Å². The van der Waals surface area contributed by atoms with Crippen LogP contribution >= 0.6 is 11.8 Å². The summed E-state index contributed by atoms with van der Waals surface area (Å²) in [7, 11) is 0. The molecule has 3 N–H and O–H groups in total. The fraction of sp³-hybridized carbons (Fsp3) is 1.00. The van der Waals surface area contributed by atoms with Gasteiger partial charge in [0, 0.05) is 11.8 Å². The Balaban J connectivity index is 3.73. The number of hydrazine groups is 1. The van der Waals surface area contributed by atoms with Crippen molar-refractivity contribution in [1.29, 1.82) is 0 Å². The lowest BCUT2D eigenvalue weighted by molar-refractivity contribution is 0.294. The molecule has 0 aliphatic heterocycles. The molecule has 13 heavy (non-hydrogen) atoms. The summed E-state index contributed by atoms with van der Waals surface area (Å²) in [5.41, 5.74) is 3.14. The topological polar surface area (TPSA) is 38.0 Å². The molecule has 0 spiro atoms. The fourth-order valence-corrected chi connectivity index (χ4v) is 2.41. The van der Waals surface area contributed by atoms with Crippen LogP contribution in [0.3, 0.4) is 0 Å². The van der Waals surface area contributed by atoms with Gasteiger partial charge in [0.15, 0.2) is 0 Å². The molecule has 0 fully saturated rings. The number of hydrogen-bond donors (Lipinski definition) is 2. The van der Waals surface area contributed by atoms with Crippen LogP contribution in [0, 0.1) is 11.3 Å². The van der Waals surface area contributed by atoms with E-state index in [1.165, 1.54) is 5.75 Å². The predicted octanol–water partition coefficient (Wildman–Crippen LogP) is 2.25. The molecule has 0 saturated carbocycles. The van der Waals surface area contributed by atoms with E-state index in [1.54, 1.807) is 0 Å². The van der Waals surface area contributed by atoms with E-state index in [-0.39, 0.29) is 5.41 Å². The number of hydrogen-bond acceptors (Lipinski definition) is 3. The smallest absolute Gasteiger partial charge is 0.0349 e. The van der Waals surface area contributed by atoms with Gasteiger partial charge in [-0.3, -0.25) is 11.3 Å². The first kappa shape index (κ1) is 13.3. The molecule has 0 amide bonds. The SMILES string of the molecule is CC(C)CSCC(NN)C(C)(C)C. The van der Waals surface area contributed by atoms with Crippen molar-refractivity contribution in [1.82, 2.24) is 5.43 Å². The van der Waals surface area contributed by atoms with Crippen molar-refractivity contribution in [2.75, 3.05) is 11.5 Å². The summed E-state index contributed by atoms with van der Waals surface area (Å²) in [6, 6.07) is 0.399. The summed E-state index contributed by atoms with van der Waals surface area (Å²) in [5.74, 6) is 8.59. The maximum absolute atomic E-state index is 5.51. The van der Waals surface area contributed by atoms with Crippen molar-refractivity contribution in [3.63, 3.8) is 0 Å². The highest BCUT2D eigenvalue weighted by Gasteiger charge is 2.22. The summed E-state index contributed by atoms with van der Waals surface area (Å²) in [6.45, 7) is 11.1. The molecule has 0 saturated heterocycles. The third-order valence-corrected chi connectivity index (χ3v) is 3.45. The highest BCUT2D eigenvalue weighted by molar-refractivity contribution is 7.99. The largest absolute Gasteiger partial charge is 0.271 e. The normalized spacial score (nSPS) is 15.0. The monoisotopic (exact) mass is 204 g/mol. The van der Waals surface area contributed by atoms with Crippen molar-refractivity contribution < 1.29 is 0 Å². The minimum absolute atomic E-state index is 0.249. The molecular weight excluding hydrogens is 180 g/mol. The van der Waals surface area contributed by atoms with Crippen LogP contribution in [0.5, 0.6) is 0 Å². The van der Waals surface area contributed by atoms with E-state index in [2.05, 4.69) is 40.0 Å². The van der Waals surface area contributed by atoms with E-state index in [0.717, 1.165) is 11.7 Å². The van der Waals surface area contributed by atoms with Crippen LogP contribution in [-0.4, -0.2) is 17.5 Å². The second-order valence-electron chi connectivity index (χ2n) is 5.02. The Hall–Kier alpha value is 0.270. The average molecular weight is 204 g/mol. The van der Waals surface area contributed by atoms with Crippen LogP contribution in [0.15, 0.2) is 0 Å². The Morgan fingerprint density at radius 2 is 1.77 bits per heavy atom. The minimum Gasteiger partial charge on any atom is -0.271 e. The van der Waals surface area contributed by atoms with Gasteiger partial charge in [-0.05, 0) is 17.1 Å². The van der Waals surface area contributed by atoms with E-state index in [9.17, 15) is 0 Å². The lowest BCUT2D eigenvalue weighted by Gasteiger charge is -2.29. The molecule has 3 heteroatoms. The second-order valence-corrected chi connectivity index (χ2v) is 6.09. The van der Waals surface area contributed by atoms with Gasteiger partial charge in [-0.15, -0.1) is 0 Å². The van der Waals surface area contributed by atoms with Crippen molar-refractivity contribution in [2.45, 2.75) is 40.7 Å². The Kier molecular flexibility index (Phi) is 6.01. The Morgan fingerprint density at radius 3 is 2.08 bits per heavy atom. The van der Waals surface area contributed by atoms with Gasteiger partial charge >= 0.3 is 0 Å². The highest BCUT2D eigenvalue weighted by Crippen LogP contribution is 2.22. The minimum atomic E-state index is 0.249.